The summed E-state index contributed by atoms with van der Waals surface area (Å²) in [5.74, 6) is 0.609. The monoisotopic (exact) mass is 358 g/mol. The summed E-state index contributed by atoms with van der Waals surface area (Å²) in [4.78, 5) is 16.2. The molecule has 0 saturated heterocycles. The Morgan fingerprint density at radius 3 is 2.90 bits per heavy atom. The molecule has 1 heterocycles. The van der Waals surface area contributed by atoms with Gasteiger partial charge in [-0.05, 0) is 41.1 Å². The number of aliphatic hydroxyl groups is 1. The lowest BCUT2D eigenvalue weighted by molar-refractivity contribution is 0.0913. The van der Waals surface area contributed by atoms with Gasteiger partial charge in [-0.15, -0.1) is 0 Å². The van der Waals surface area contributed by atoms with Crippen LogP contribution in [-0.4, -0.2) is 32.8 Å². The zero-order chi connectivity index (χ0) is 14.7. The van der Waals surface area contributed by atoms with Crippen LogP contribution in [0.5, 0.6) is 0 Å². The number of carbonyl (C=O) groups is 1. The van der Waals surface area contributed by atoms with Gasteiger partial charge in [-0.3, -0.25) is 9.89 Å². The van der Waals surface area contributed by atoms with Crippen LogP contribution >= 0.6 is 27.5 Å². The Morgan fingerprint density at radius 1 is 1.60 bits per heavy atom. The number of aromatic nitrogens is 3. The molecule has 1 aromatic carbocycles. The number of aromatic amines is 1. The molecule has 2 aromatic rings. The maximum atomic E-state index is 12.1. The minimum absolute atomic E-state index is 0.294. The highest BCUT2D eigenvalue weighted by Gasteiger charge is 2.19. The number of halogens is 2. The Balaban J connectivity index is 2.14. The van der Waals surface area contributed by atoms with Crippen molar-refractivity contribution in [2.45, 2.75) is 13.0 Å². The Morgan fingerprint density at radius 2 is 2.35 bits per heavy atom. The quantitative estimate of drug-likeness (QED) is 0.778. The fourth-order valence-electron chi connectivity index (χ4n) is 1.59. The van der Waals surface area contributed by atoms with Gasteiger partial charge in [0.1, 0.15) is 11.9 Å². The van der Waals surface area contributed by atoms with Crippen LogP contribution < -0.4 is 5.32 Å². The van der Waals surface area contributed by atoms with Gasteiger partial charge in [0.2, 0.25) is 0 Å². The lowest BCUT2D eigenvalue weighted by Gasteiger charge is -2.13. The maximum absolute atomic E-state index is 12.1. The van der Waals surface area contributed by atoms with Gasteiger partial charge in [0.05, 0.1) is 11.6 Å². The Labute approximate surface area is 128 Å². The van der Waals surface area contributed by atoms with E-state index in [4.69, 9.17) is 11.6 Å². The highest BCUT2D eigenvalue weighted by Crippen LogP contribution is 2.23. The van der Waals surface area contributed by atoms with Crippen LogP contribution in [0, 0.1) is 6.92 Å². The molecule has 0 aliphatic rings. The molecule has 1 amide bonds. The SMILES string of the molecule is Cc1nc([C@@H](CO)NC(=O)c2ccc(Cl)c(Br)c2)n[nH]1. The van der Waals surface area contributed by atoms with Crippen molar-refractivity contribution in [2.24, 2.45) is 0 Å². The molecule has 0 spiro atoms. The third-order valence-corrected chi connectivity index (χ3v) is 3.81. The van der Waals surface area contributed by atoms with E-state index in [0.717, 1.165) is 0 Å². The Kier molecular flexibility index (Phi) is 4.74. The van der Waals surface area contributed by atoms with E-state index in [2.05, 4.69) is 36.4 Å². The minimum Gasteiger partial charge on any atom is -0.394 e. The van der Waals surface area contributed by atoms with Crippen LogP contribution in [0.25, 0.3) is 0 Å². The van der Waals surface area contributed by atoms with Crippen LogP contribution in [0.15, 0.2) is 22.7 Å². The Hall–Kier alpha value is -1.44. The van der Waals surface area contributed by atoms with Crippen molar-refractivity contribution >= 4 is 33.4 Å². The fourth-order valence-corrected chi connectivity index (χ4v) is 2.08. The first kappa shape index (κ1) is 15.0. The number of amides is 1. The van der Waals surface area contributed by atoms with E-state index in [0.29, 0.717) is 26.7 Å². The molecule has 1 atom stereocenters. The first-order valence-electron chi connectivity index (χ1n) is 5.77. The van der Waals surface area contributed by atoms with Gasteiger partial charge in [0, 0.05) is 10.0 Å². The number of hydrogen-bond acceptors (Lipinski definition) is 4. The predicted molar refractivity (Wildman–Crippen MR) is 77.6 cm³/mol. The number of carbonyl (C=O) groups excluding carboxylic acids is 1. The molecule has 0 unspecified atom stereocenters. The molecule has 2 rings (SSSR count). The summed E-state index contributed by atoms with van der Waals surface area (Å²) >= 11 is 9.13. The average Bonchev–Trinajstić information content (AvgIpc) is 2.85. The molecule has 0 aliphatic heterocycles. The van der Waals surface area contributed by atoms with E-state index < -0.39 is 6.04 Å². The van der Waals surface area contributed by atoms with Gasteiger partial charge in [0.25, 0.3) is 5.91 Å². The first-order chi connectivity index (χ1) is 9.51. The number of aryl methyl sites for hydroxylation is 1. The van der Waals surface area contributed by atoms with Crippen molar-refractivity contribution < 1.29 is 9.90 Å². The summed E-state index contributed by atoms with van der Waals surface area (Å²) in [6.07, 6.45) is 0. The number of aliphatic hydroxyl groups excluding tert-OH is 1. The van der Waals surface area contributed by atoms with Crippen LogP contribution in [0.3, 0.4) is 0 Å². The zero-order valence-electron chi connectivity index (χ0n) is 10.5. The normalized spacial score (nSPS) is 12.2. The minimum atomic E-state index is -0.665. The lowest BCUT2D eigenvalue weighted by Crippen LogP contribution is -2.31. The van der Waals surface area contributed by atoms with Crippen LogP contribution in [-0.2, 0) is 0 Å². The maximum Gasteiger partial charge on any atom is 0.251 e. The van der Waals surface area contributed by atoms with E-state index in [1.165, 1.54) is 0 Å². The number of nitrogens with one attached hydrogen (secondary N) is 2. The Bertz CT molecular complexity index is 632. The van der Waals surface area contributed by atoms with Crippen LogP contribution in [0.1, 0.15) is 28.0 Å². The van der Waals surface area contributed by atoms with Crippen molar-refractivity contribution in [1.29, 1.82) is 0 Å². The number of H-pyrrole nitrogens is 1. The first-order valence-corrected chi connectivity index (χ1v) is 6.94. The van der Waals surface area contributed by atoms with Crippen molar-refractivity contribution in [1.82, 2.24) is 20.5 Å². The van der Waals surface area contributed by atoms with E-state index in [1.807, 2.05) is 0 Å². The van der Waals surface area contributed by atoms with Gasteiger partial charge in [-0.1, -0.05) is 11.6 Å². The van der Waals surface area contributed by atoms with E-state index >= 15 is 0 Å². The van der Waals surface area contributed by atoms with Gasteiger partial charge >= 0.3 is 0 Å². The fraction of sp³-hybridized carbons (Fsp3) is 0.250. The molecule has 0 saturated carbocycles. The van der Waals surface area contributed by atoms with Gasteiger partial charge in [0.15, 0.2) is 5.82 Å². The van der Waals surface area contributed by atoms with Crippen molar-refractivity contribution in [3.63, 3.8) is 0 Å². The summed E-state index contributed by atoms with van der Waals surface area (Å²) in [6.45, 7) is 1.45. The molecule has 6 nitrogen and oxygen atoms in total. The largest absolute Gasteiger partial charge is 0.394 e. The molecule has 0 aliphatic carbocycles. The van der Waals surface area contributed by atoms with Crippen molar-refractivity contribution in [2.75, 3.05) is 6.61 Å². The molecule has 8 heteroatoms. The summed E-state index contributed by atoms with van der Waals surface area (Å²) in [6, 6.07) is 4.16. The molecule has 0 bridgehead atoms. The molecular weight excluding hydrogens is 348 g/mol. The van der Waals surface area contributed by atoms with Gasteiger partial charge < -0.3 is 10.4 Å². The second-order valence-corrected chi connectivity index (χ2v) is 5.38. The average molecular weight is 360 g/mol. The van der Waals surface area contributed by atoms with Gasteiger partial charge in [-0.25, -0.2) is 4.98 Å². The van der Waals surface area contributed by atoms with Crippen LogP contribution in [0.2, 0.25) is 5.02 Å². The predicted octanol–water partition coefficient (Wildman–Crippen LogP) is 1.99. The van der Waals surface area contributed by atoms with E-state index in [9.17, 15) is 9.90 Å². The summed E-state index contributed by atoms with van der Waals surface area (Å²) < 4.78 is 0.626. The second kappa shape index (κ2) is 6.34. The van der Waals surface area contributed by atoms with Crippen molar-refractivity contribution in [3.8, 4) is 0 Å². The third kappa shape index (κ3) is 3.36. The smallest absolute Gasteiger partial charge is 0.251 e. The topological polar surface area (TPSA) is 90.9 Å². The van der Waals surface area contributed by atoms with Gasteiger partial charge in [-0.2, -0.15) is 5.10 Å². The molecule has 1 aromatic heterocycles. The van der Waals surface area contributed by atoms with E-state index in [1.54, 1.807) is 25.1 Å². The second-order valence-electron chi connectivity index (χ2n) is 4.12. The molecule has 20 heavy (non-hydrogen) atoms. The molecule has 106 valence electrons. The van der Waals surface area contributed by atoms with Crippen LogP contribution in [0.4, 0.5) is 0 Å². The summed E-state index contributed by atoms with van der Waals surface area (Å²) in [5.41, 5.74) is 0.423. The molecular formula is C12H12BrClN4O2. The standard InChI is InChI=1S/C12H12BrClN4O2/c1-6-15-11(18-17-6)10(5-19)16-12(20)7-2-3-9(14)8(13)4-7/h2-4,10,19H,5H2,1H3,(H,16,20)(H,15,17,18)/t10-/m1/s1. The highest BCUT2D eigenvalue weighted by molar-refractivity contribution is 9.10. The van der Waals surface area contributed by atoms with Crippen molar-refractivity contribution in [3.05, 3.63) is 44.9 Å². The summed E-state index contributed by atoms with van der Waals surface area (Å²) in [7, 11) is 0. The number of hydrogen-bond donors (Lipinski definition) is 3. The third-order valence-electron chi connectivity index (χ3n) is 2.60. The molecule has 0 radical (unpaired) electrons. The lowest BCUT2D eigenvalue weighted by atomic mass is 10.2. The zero-order valence-corrected chi connectivity index (χ0v) is 12.9. The summed E-state index contributed by atoms with van der Waals surface area (Å²) in [5, 5.41) is 19.1. The van der Waals surface area contributed by atoms with E-state index in [-0.39, 0.29) is 12.5 Å². The highest BCUT2D eigenvalue weighted by atomic mass is 79.9. The number of rotatable bonds is 4. The molecule has 0 fully saturated rings. The molecule has 3 N–H and O–H groups in total. The number of nitrogens with zero attached hydrogens (tertiary/aromatic N) is 2. The number of benzene rings is 1.